The fraction of sp³-hybridized carbons (Fsp3) is 0. The van der Waals surface area contributed by atoms with E-state index in [1.54, 1.807) is 0 Å². The van der Waals surface area contributed by atoms with Crippen LogP contribution in [-0.4, -0.2) is 4.57 Å². The van der Waals surface area contributed by atoms with E-state index in [-0.39, 0.29) is 0 Å². The van der Waals surface area contributed by atoms with E-state index in [9.17, 15) is 0 Å². The topological polar surface area (TPSA) is 4.93 Å². The van der Waals surface area contributed by atoms with Crippen molar-refractivity contribution < 1.29 is 0 Å². The number of fused-ring (bicyclic) bond motifs is 3. The number of benzene rings is 5. The van der Waals surface area contributed by atoms with Gasteiger partial charge in [0, 0.05) is 22.0 Å². The predicted molar refractivity (Wildman–Crippen MR) is 132 cm³/mol. The molecule has 1 heterocycles. The second-order valence-electron chi connectivity index (χ2n) is 7.84. The van der Waals surface area contributed by atoms with Gasteiger partial charge in [0.15, 0.2) is 0 Å². The van der Waals surface area contributed by atoms with Crippen molar-refractivity contribution in [2.75, 3.05) is 0 Å². The van der Waals surface area contributed by atoms with Crippen molar-refractivity contribution in [3.05, 3.63) is 127 Å². The van der Waals surface area contributed by atoms with Crippen LogP contribution >= 0.6 is 0 Å². The number of rotatable bonds is 3. The zero-order chi connectivity index (χ0) is 20.6. The van der Waals surface area contributed by atoms with Crippen molar-refractivity contribution in [1.82, 2.24) is 4.57 Å². The zero-order valence-electron chi connectivity index (χ0n) is 17.1. The third-order valence-corrected chi connectivity index (χ3v) is 5.99. The Labute approximate surface area is 181 Å². The Hall–Kier alpha value is -4.10. The van der Waals surface area contributed by atoms with Crippen molar-refractivity contribution in [3.8, 4) is 27.9 Å². The van der Waals surface area contributed by atoms with E-state index in [1.807, 2.05) is 0 Å². The minimum absolute atomic E-state index is 1.18. The molecule has 0 unspecified atom stereocenters. The molecule has 0 atom stereocenters. The summed E-state index contributed by atoms with van der Waals surface area (Å²) in [7, 11) is 0. The second kappa shape index (κ2) is 7.30. The molecule has 1 nitrogen and oxygen atoms in total. The van der Waals surface area contributed by atoms with E-state index in [2.05, 4.69) is 132 Å². The number of hydrogen-bond donors (Lipinski definition) is 0. The first-order chi connectivity index (χ1) is 15.4. The molecule has 0 radical (unpaired) electrons. The van der Waals surface area contributed by atoms with E-state index in [4.69, 9.17) is 0 Å². The molecule has 1 aromatic heterocycles. The third-order valence-electron chi connectivity index (χ3n) is 5.99. The molecule has 0 N–H and O–H groups in total. The summed E-state index contributed by atoms with van der Waals surface area (Å²) in [6.07, 6.45) is 0. The molecule has 0 aliphatic carbocycles. The smallest absolute Gasteiger partial charge is 0.0619 e. The van der Waals surface area contributed by atoms with Gasteiger partial charge in [-0.25, -0.2) is 0 Å². The van der Waals surface area contributed by atoms with Crippen LogP contribution in [0.3, 0.4) is 0 Å². The standard InChI is InChI=1S/C30H21N/c1-3-11-22(12-4-1)23-13-9-14-24(21-23)26-18-10-19-28-27-17-7-8-20-29(27)31(30(26)28)25-15-5-2-6-16-25/h1-21H. The molecular weight excluding hydrogens is 374 g/mol. The highest BCUT2D eigenvalue weighted by atomic mass is 15.0. The summed E-state index contributed by atoms with van der Waals surface area (Å²) in [4.78, 5) is 0. The molecule has 0 aliphatic rings. The minimum Gasteiger partial charge on any atom is -0.309 e. The van der Waals surface area contributed by atoms with Gasteiger partial charge in [0.25, 0.3) is 0 Å². The lowest BCUT2D eigenvalue weighted by Gasteiger charge is -2.12. The van der Waals surface area contributed by atoms with E-state index >= 15 is 0 Å². The van der Waals surface area contributed by atoms with Gasteiger partial charge in [-0.3, -0.25) is 0 Å². The SMILES string of the molecule is c1ccc(-c2cccc(-c3cccc4c5ccccc5n(-c5ccccc5)c34)c2)cc1. The largest absolute Gasteiger partial charge is 0.309 e. The molecule has 0 saturated heterocycles. The number of hydrogen-bond acceptors (Lipinski definition) is 0. The zero-order valence-corrected chi connectivity index (χ0v) is 17.1. The molecular formula is C30H21N. The van der Waals surface area contributed by atoms with Gasteiger partial charge in [0.1, 0.15) is 0 Å². The molecule has 0 amide bonds. The molecule has 0 spiro atoms. The van der Waals surface area contributed by atoms with E-state index < -0.39 is 0 Å². The van der Waals surface area contributed by atoms with Gasteiger partial charge in [-0.05, 0) is 41.0 Å². The maximum Gasteiger partial charge on any atom is 0.0619 e. The molecule has 31 heavy (non-hydrogen) atoms. The summed E-state index contributed by atoms with van der Waals surface area (Å²) >= 11 is 0. The number of nitrogens with zero attached hydrogens (tertiary/aromatic N) is 1. The Balaban J connectivity index is 1.68. The molecule has 6 aromatic rings. The molecule has 0 fully saturated rings. The second-order valence-corrected chi connectivity index (χ2v) is 7.84. The molecule has 5 aromatic carbocycles. The Kier molecular flexibility index (Phi) is 4.18. The van der Waals surface area contributed by atoms with Gasteiger partial charge in [-0.2, -0.15) is 0 Å². The van der Waals surface area contributed by atoms with E-state index in [0.717, 1.165) is 0 Å². The highest BCUT2D eigenvalue weighted by molar-refractivity contribution is 6.13. The van der Waals surface area contributed by atoms with Gasteiger partial charge in [-0.1, -0.05) is 103 Å². The lowest BCUT2D eigenvalue weighted by Crippen LogP contribution is -1.95. The van der Waals surface area contributed by atoms with Crippen LogP contribution in [0.2, 0.25) is 0 Å². The highest BCUT2D eigenvalue weighted by Gasteiger charge is 2.16. The van der Waals surface area contributed by atoms with Crippen LogP contribution < -0.4 is 0 Å². The average molecular weight is 396 g/mol. The van der Waals surface area contributed by atoms with Crippen LogP contribution in [0.5, 0.6) is 0 Å². The lowest BCUT2D eigenvalue weighted by atomic mass is 9.97. The Morgan fingerprint density at radius 3 is 1.87 bits per heavy atom. The monoisotopic (exact) mass is 395 g/mol. The predicted octanol–water partition coefficient (Wildman–Crippen LogP) is 8.12. The quantitative estimate of drug-likeness (QED) is 0.285. The van der Waals surface area contributed by atoms with Crippen molar-refractivity contribution in [3.63, 3.8) is 0 Å². The first-order valence-electron chi connectivity index (χ1n) is 10.6. The summed E-state index contributed by atoms with van der Waals surface area (Å²) in [5, 5.41) is 2.56. The molecule has 146 valence electrons. The lowest BCUT2D eigenvalue weighted by molar-refractivity contribution is 1.18. The maximum absolute atomic E-state index is 2.40. The van der Waals surface area contributed by atoms with Crippen molar-refractivity contribution in [2.24, 2.45) is 0 Å². The normalized spacial score (nSPS) is 11.2. The first kappa shape index (κ1) is 17.7. The van der Waals surface area contributed by atoms with Gasteiger partial charge >= 0.3 is 0 Å². The first-order valence-corrected chi connectivity index (χ1v) is 10.6. The average Bonchev–Trinajstić information content (AvgIpc) is 3.20. The van der Waals surface area contributed by atoms with Crippen LogP contribution in [0.15, 0.2) is 127 Å². The Morgan fingerprint density at radius 1 is 0.419 bits per heavy atom. The molecule has 0 bridgehead atoms. The Morgan fingerprint density at radius 2 is 1.03 bits per heavy atom. The molecule has 0 saturated carbocycles. The molecule has 1 heteroatoms. The van der Waals surface area contributed by atoms with Crippen molar-refractivity contribution in [2.45, 2.75) is 0 Å². The van der Waals surface area contributed by atoms with E-state index in [1.165, 1.54) is 49.7 Å². The van der Waals surface area contributed by atoms with Gasteiger partial charge < -0.3 is 4.57 Å². The fourth-order valence-corrected chi connectivity index (χ4v) is 4.59. The summed E-state index contributed by atoms with van der Waals surface area (Å²) in [5.41, 5.74) is 8.61. The summed E-state index contributed by atoms with van der Waals surface area (Å²) in [6, 6.07) is 45.4. The molecule has 0 aliphatic heterocycles. The summed E-state index contributed by atoms with van der Waals surface area (Å²) in [5.74, 6) is 0. The van der Waals surface area contributed by atoms with Crippen molar-refractivity contribution >= 4 is 21.8 Å². The highest BCUT2D eigenvalue weighted by Crippen LogP contribution is 2.38. The van der Waals surface area contributed by atoms with Gasteiger partial charge in [0.05, 0.1) is 11.0 Å². The van der Waals surface area contributed by atoms with E-state index in [0.29, 0.717) is 0 Å². The minimum atomic E-state index is 1.18. The molecule has 6 rings (SSSR count). The number of aromatic nitrogens is 1. The van der Waals surface area contributed by atoms with Crippen LogP contribution in [0.25, 0.3) is 49.7 Å². The van der Waals surface area contributed by atoms with Crippen LogP contribution in [0, 0.1) is 0 Å². The summed E-state index contributed by atoms with van der Waals surface area (Å²) < 4.78 is 2.40. The van der Waals surface area contributed by atoms with Crippen LogP contribution in [0.4, 0.5) is 0 Å². The number of para-hydroxylation sites is 3. The maximum atomic E-state index is 2.40. The fourth-order valence-electron chi connectivity index (χ4n) is 4.59. The van der Waals surface area contributed by atoms with Crippen molar-refractivity contribution in [1.29, 1.82) is 0 Å². The van der Waals surface area contributed by atoms with Gasteiger partial charge in [-0.15, -0.1) is 0 Å². The third kappa shape index (κ3) is 2.94. The van der Waals surface area contributed by atoms with Crippen LogP contribution in [-0.2, 0) is 0 Å². The Bertz CT molecular complexity index is 1510. The summed E-state index contributed by atoms with van der Waals surface area (Å²) in [6.45, 7) is 0. The van der Waals surface area contributed by atoms with Gasteiger partial charge in [0.2, 0.25) is 0 Å². The van der Waals surface area contributed by atoms with Crippen LogP contribution in [0.1, 0.15) is 0 Å².